The molecule has 3 N–H and O–H groups in total. The van der Waals surface area contributed by atoms with Gasteiger partial charge in [-0.3, -0.25) is 14.4 Å². The zero-order valence-electron chi connectivity index (χ0n) is 22.2. The molecule has 0 bridgehead atoms. The summed E-state index contributed by atoms with van der Waals surface area (Å²) < 4.78 is 16.8. The number of nitrogens with zero attached hydrogens (tertiary/aromatic N) is 1. The largest absolute Gasteiger partial charge is 0.494 e. The number of rotatable bonds is 13. The van der Waals surface area contributed by atoms with Crippen molar-refractivity contribution in [2.75, 3.05) is 30.5 Å². The van der Waals surface area contributed by atoms with Gasteiger partial charge in [-0.1, -0.05) is 24.9 Å². The van der Waals surface area contributed by atoms with Gasteiger partial charge in [-0.2, -0.15) is 5.10 Å². The number of halogens is 1. The van der Waals surface area contributed by atoms with Crippen LogP contribution in [0.5, 0.6) is 17.2 Å². The third-order valence-corrected chi connectivity index (χ3v) is 5.47. The molecular formula is C29H31ClN4O6. The lowest BCUT2D eigenvalue weighted by Gasteiger charge is -2.12. The van der Waals surface area contributed by atoms with Gasteiger partial charge < -0.3 is 24.8 Å². The number of benzene rings is 3. The number of carbonyl (C=O) groups is 3. The van der Waals surface area contributed by atoms with E-state index >= 15 is 0 Å². The quantitative estimate of drug-likeness (QED) is 0.115. The van der Waals surface area contributed by atoms with Crippen LogP contribution in [0, 0.1) is 0 Å². The van der Waals surface area contributed by atoms with Gasteiger partial charge >= 0.3 is 11.8 Å². The SMILES string of the molecule is CCCCOc1ccc(NC(=O)C(=O)N/N=C\c2ccc(OCC(=O)Nc3ccc(Cl)cc3)c(OCC)c2)cc1. The zero-order chi connectivity index (χ0) is 28.7. The summed E-state index contributed by atoms with van der Waals surface area (Å²) in [6.45, 7) is 4.62. The third kappa shape index (κ3) is 9.95. The molecule has 3 aromatic rings. The number of carbonyl (C=O) groups excluding carboxylic acids is 3. The van der Waals surface area contributed by atoms with Crippen molar-refractivity contribution in [1.29, 1.82) is 0 Å². The molecule has 0 aliphatic carbocycles. The van der Waals surface area contributed by atoms with Gasteiger partial charge in [0.15, 0.2) is 18.1 Å². The van der Waals surface area contributed by atoms with Gasteiger partial charge in [0, 0.05) is 16.4 Å². The number of unbranched alkanes of at least 4 members (excludes halogenated alkanes) is 1. The standard InChI is InChI=1S/C29H31ClN4O6/c1-3-5-16-39-24-13-11-23(12-14-24)33-28(36)29(37)34-31-18-20-6-15-25(26(17-20)38-4-2)40-19-27(35)32-22-9-7-21(30)8-10-22/h6-15,17-18H,3-5,16,19H2,1-2H3,(H,32,35)(H,33,36)(H,34,37)/b31-18-. The lowest BCUT2D eigenvalue weighted by Crippen LogP contribution is -2.32. The third-order valence-electron chi connectivity index (χ3n) is 5.22. The Kier molecular flexibility index (Phi) is 11.8. The first-order valence-corrected chi connectivity index (χ1v) is 13.1. The molecule has 0 unspecified atom stereocenters. The molecule has 0 saturated carbocycles. The fourth-order valence-electron chi connectivity index (χ4n) is 3.24. The van der Waals surface area contributed by atoms with Crippen molar-refractivity contribution in [3.05, 3.63) is 77.3 Å². The number of nitrogens with one attached hydrogen (secondary N) is 3. The van der Waals surface area contributed by atoms with Crippen molar-refractivity contribution < 1.29 is 28.6 Å². The molecule has 0 aliphatic rings. The van der Waals surface area contributed by atoms with Gasteiger partial charge in [-0.05, 0) is 85.6 Å². The highest BCUT2D eigenvalue weighted by molar-refractivity contribution is 6.39. The molecule has 210 valence electrons. The molecule has 0 spiro atoms. The minimum Gasteiger partial charge on any atom is -0.494 e. The van der Waals surface area contributed by atoms with Crippen LogP contribution >= 0.6 is 11.6 Å². The Morgan fingerprint density at radius 1 is 0.825 bits per heavy atom. The molecule has 0 saturated heterocycles. The first-order valence-electron chi connectivity index (χ1n) is 12.7. The van der Waals surface area contributed by atoms with Crippen molar-refractivity contribution >= 4 is 46.9 Å². The van der Waals surface area contributed by atoms with E-state index in [1.54, 1.807) is 66.7 Å². The highest BCUT2D eigenvalue weighted by atomic mass is 35.5. The second-order valence-corrected chi connectivity index (χ2v) is 8.80. The van der Waals surface area contributed by atoms with Crippen LogP contribution in [0.3, 0.4) is 0 Å². The number of hydrogen-bond acceptors (Lipinski definition) is 7. The van der Waals surface area contributed by atoms with E-state index in [1.165, 1.54) is 6.21 Å². The summed E-state index contributed by atoms with van der Waals surface area (Å²) in [6.07, 6.45) is 3.34. The number of ether oxygens (including phenoxy) is 3. The maximum Gasteiger partial charge on any atom is 0.329 e. The maximum atomic E-state index is 12.2. The first kappa shape index (κ1) is 30.0. The molecule has 3 amide bonds. The number of hydrogen-bond donors (Lipinski definition) is 3. The van der Waals surface area contributed by atoms with E-state index in [0.29, 0.717) is 52.4 Å². The molecule has 0 heterocycles. The Labute approximate surface area is 237 Å². The van der Waals surface area contributed by atoms with E-state index in [2.05, 4.69) is 28.1 Å². The topological polar surface area (TPSA) is 127 Å². The molecule has 3 aromatic carbocycles. The molecule has 0 fully saturated rings. The molecule has 0 atom stereocenters. The van der Waals surface area contributed by atoms with Crippen LogP contribution < -0.4 is 30.3 Å². The van der Waals surface area contributed by atoms with E-state index < -0.39 is 11.8 Å². The van der Waals surface area contributed by atoms with Crippen LogP contribution in [0.1, 0.15) is 32.3 Å². The summed E-state index contributed by atoms with van der Waals surface area (Å²) in [5, 5.41) is 9.63. The number of hydrazone groups is 1. The van der Waals surface area contributed by atoms with Crippen molar-refractivity contribution in [2.24, 2.45) is 5.10 Å². The Hall–Kier alpha value is -4.57. The lowest BCUT2D eigenvalue weighted by atomic mass is 10.2. The van der Waals surface area contributed by atoms with Crippen molar-refractivity contribution in [3.8, 4) is 17.2 Å². The number of anilines is 2. The van der Waals surface area contributed by atoms with Crippen molar-refractivity contribution in [3.63, 3.8) is 0 Å². The maximum absolute atomic E-state index is 12.2. The minimum atomic E-state index is -0.934. The van der Waals surface area contributed by atoms with Gasteiger partial charge in [0.2, 0.25) is 0 Å². The van der Waals surface area contributed by atoms with Gasteiger partial charge in [0.1, 0.15) is 5.75 Å². The predicted octanol–water partition coefficient (Wildman–Crippen LogP) is 5.02. The summed E-state index contributed by atoms with van der Waals surface area (Å²) in [4.78, 5) is 36.6. The van der Waals surface area contributed by atoms with Gasteiger partial charge in [0.05, 0.1) is 19.4 Å². The van der Waals surface area contributed by atoms with Gasteiger partial charge in [0.25, 0.3) is 5.91 Å². The minimum absolute atomic E-state index is 0.240. The normalized spacial score (nSPS) is 10.6. The van der Waals surface area contributed by atoms with E-state index in [-0.39, 0.29) is 12.5 Å². The molecule has 3 rings (SSSR count). The summed E-state index contributed by atoms with van der Waals surface area (Å²) in [5.74, 6) is -0.729. The van der Waals surface area contributed by atoms with Crippen LogP contribution in [0.2, 0.25) is 5.02 Å². The molecule has 10 nitrogen and oxygen atoms in total. The second-order valence-electron chi connectivity index (χ2n) is 8.36. The van der Waals surface area contributed by atoms with Crippen LogP contribution in [0.25, 0.3) is 0 Å². The zero-order valence-corrected chi connectivity index (χ0v) is 23.0. The molecule has 11 heteroatoms. The van der Waals surface area contributed by atoms with Crippen LogP contribution in [0.15, 0.2) is 71.8 Å². The predicted molar refractivity (Wildman–Crippen MR) is 154 cm³/mol. The Morgan fingerprint density at radius 3 is 2.23 bits per heavy atom. The van der Waals surface area contributed by atoms with Crippen LogP contribution in [0.4, 0.5) is 11.4 Å². The van der Waals surface area contributed by atoms with Gasteiger partial charge in [-0.15, -0.1) is 0 Å². The average Bonchev–Trinajstić information content (AvgIpc) is 2.95. The first-order chi connectivity index (χ1) is 19.4. The summed E-state index contributed by atoms with van der Waals surface area (Å²) >= 11 is 5.86. The fraction of sp³-hybridized carbons (Fsp3) is 0.241. The van der Waals surface area contributed by atoms with Crippen LogP contribution in [-0.4, -0.2) is 43.8 Å². The molecular weight excluding hydrogens is 536 g/mol. The Morgan fingerprint density at radius 2 is 1.52 bits per heavy atom. The lowest BCUT2D eigenvalue weighted by molar-refractivity contribution is -0.136. The van der Waals surface area contributed by atoms with Crippen LogP contribution in [-0.2, 0) is 14.4 Å². The summed E-state index contributed by atoms with van der Waals surface area (Å²) in [7, 11) is 0. The molecule has 0 aliphatic heterocycles. The highest BCUT2D eigenvalue weighted by Gasteiger charge is 2.13. The number of amides is 3. The molecule has 0 radical (unpaired) electrons. The highest BCUT2D eigenvalue weighted by Crippen LogP contribution is 2.28. The van der Waals surface area contributed by atoms with E-state index in [0.717, 1.165) is 12.8 Å². The van der Waals surface area contributed by atoms with E-state index in [4.69, 9.17) is 25.8 Å². The Bertz CT molecular complexity index is 1310. The molecule has 0 aromatic heterocycles. The summed E-state index contributed by atoms with van der Waals surface area (Å²) in [5.41, 5.74) is 3.80. The molecule has 40 heavy (non-hydrogen) atoms. The second kappa shape index (κ2) is 15.7. The fourth-order valence-corrected chi connectivity index (χ4v) is 3.37. The Balaban J connectivity index is 1.50. The average molecular weight is 567 g/mol. The van der Waals surface area contributed by atoms with E-state index in [1.807, 2.05) is 6.92 Å². The monoisotopic (exact) mass is 566 g/mol. The summed E-state index contributed by atoms with van der Waals surface area (Å²) in [6, 6.07) is 18.4. The smallest absolute Gasteiger partial charge is 0.329 e. The van der Waals surface area contributed by atoms with Gasteiger partial charge in [-0.25, -0.2) is 5.43 Å². The van der Waals surface area contributed by atoms with Crippen molar-refractivity contribution in [2.45, 2.75) is 26.7 Å². The van der Waals surface area contributed by atoms with Crippen molar-refractivity contribution in [1.82, 2.24) is 5.43 Å². The van der Waals surface area contributed by atoms with E-state index in [9.17, 15) is 14.4 Å².